The first kappa shape index (κ1) is 20.9. The molecule has 0 amide bonds. The average Bonchev–Trinajstić information content (AvgIpc) is 2.83. The van der Waals surface area contributed by atoms with Crippen LogP contribution in [0.4, 0.5) is 15.8 Å². The van der Waals surface area contributed by atoms with Crippen LogP contribution in [-0.4, -0.2) is 39.6 Å². The highest BCUT2D eigenvalue weighted by Crippen LogP contribution is 2.31. The van der Waals surface area contributed by atoms with Gasteiger partial charge in [0.25, 0.3) is 0 Å². The summed E-state index contributed by atoms with van der Waals surface area (Å²) in [6, 6.07) is 20.3. The largest absolute Gasteiger partial charge is 0.493 e. The molecule has 0 bridgehead atoms. The van der Waals surface area contributed by atoms with Crippen LogP contribution in [0.3, 0.4) is 0 Å². The second kappa shape index (κ2) is 10.1. The summed E-state index contributed by atoms with van der Waals surface area (Å²) in [6.07, 6.45) is 1.74. The van der Waals surface area contributed by atoms with E-state index in [1.54, 1.807) is 31.5 Å². The molecule has 0 unspecified atom stereocenters. The lowest BCUT2D eigenvalue weighted by Crippen LogP contribution is -2.36. The van der Waals surface area contributed by atoms with E-state index >= 15 is 0 Å². The van der Waals surface area contributed by atoms with Crippen LogP contribution in [-0.2, 0) is 11.3 Å². The first-order valence-corrected chi connectivity index (χ1v) is 10.2. The lowest BCUT2D eigenvalue weighted by atomic mass is 10.2. The normalized spacial score (nSPS) is 14.1. The van der Waals surface area contributed by atoms with Crippen molar-refractivity contribution in [3.8, 4) is 11.5 Å². The number of aliphatic imine (C=N–C) groups is 1. The standard InChI is InChI=1S/C25H25FN2O3/c1-29-24-8-4-6-19(25(24)31-18-20-5-2-3-7-23(20)26)17-27-21-9-11-22(12-10-21)28-13-15-30-16-14-28/h2-12,17H,13-16,18H2,1H3. The summed E-state index contributed by atoms with van der Waals surface area (Å²) in [7, 11) is 1.58. The molecule has 1 heterocycles. The average molecular weight is 420 g/mol. The molecule has 3 aromatic carbocycles. The van der Waals surface area contributed by atoms with Gasteiger partial charge in [-0.15, -0.1) is 0 Å². The molecule has 0 atom stereocenters. The van der Waals surface area contributed by atoms with Crippen LogP contribution >= 0.6 is 0 Å². The maximum absolute atomic E-state index is 14.0. The predicted octanol–water partition coefficient (Wildman–Crippen LogP) is 5.00. The lowest BCUT2D eigenvalue weighted by Gasteiger charge is -2.28. The fourth-order valence-corrected chi connectivity index (χ4v) is 3.43. The molecule has 5 nitrogen and oxygen atoms in total. The summed E-state index contributed by atoms with van der Waals surface area (Å²) in [5, 5.41) is 0. The van der Waals surface area contributed by atoms with Gasteiger partial charge in [-0.2, -0.15) is 0 Å². The van der Waals surface area contributed by atoms with E-state index < -0.39 is 0 Å². The zero-order chi connectivity index (χ0) is 21.5. The number of rotatable bonds is 7. The highest BCUT2D eigenvalue weighted by atomic mass is 19.1. The fourth-order valence-electron chi connectivity index (χ4n) is 3.43. The molecule has 3 aromatic rings. The van der Waals surface area contributed by atoms with Crippen LogP contribution in [0.1, 0.15) is 11.1 Å². The highest BCUT2D eigenvalue weighted by molar-refractivity contribution is 5.87. The Kier molecular flexibility index (Phi) is 6.79. The van der Waals surface area contributed by atoms with Crippen LogP contribution in [0.15, 0.2) is 71.7 Å². The van der Waals surface area contributed by atoms with E-state index in [2.05, 4.69) is 22.0 Å². The number of ether oxygens (including phenoxy) is 3. The Morgan fingerprint density at radius 1 is 1.00 bits per heavy atom. The molecular weight excluding hydrogens is 395 g/mol. The van der Waals surface area contributed by atoms with Gasteiger partial charge in [-0.25, -0.2) is 4.39 Å². The Hall–Kier alpha value is -3.38. The first-order chi connectivity index (χ1) is 15.2. The number of nitrogens with zero attached hydrogens (tertiary/aromatic N) is 2. The molecule has 0 N–H and O–H groups in total. The number of hydrogen-bond donors (Lipinski definition) is 0. The van der Waals surface area contributed by atoms with Gasteiger partial charge in [-0.3, -0.25) is 4.99 Å². The lowest BCUT2D eigenvalue weighted by molar-refractivity contribution is 0.122. The van der Waals surface area contributed by atoms with Gasteiger partial charge < -0.3 is 19.1 Å². The van der Waals surface area contributed by atoms with Crippen molar-refractivity contribution in [1.82, 2.24) is 0 Å². The molecule has 1 aliphatic heterocycles. The molecule has 0 spiro atoms. The number of hydrogen-bond acceptors (Lipinski definition) is 5. The van der Waals surface area contributed by atoms with E-state index in [1.807, 2.05) is 30.3 Å². The second-order valence-electron chi connectivity index (χ2n) is 7.13. The Labute approximate surface area is 181 Å². The summed E-state index contributed by atoms with van der Waals surface area (Å²) in [6.45, 7) is 3.41. The third kappa shape index (κ3) is 5.22. The monoisotopic (exact) mass is 420 g/mol. The molecule has 160 valence electrons. The van der Waals surface area contributed by atoms with Gasteiger partial charge in [-0.1, -0.05) is 24.3 Å². The van der Waals surface area contributed by atoms with Crippen molar-refractivity contribution >= 4 is 17.6 Å². The Bertz CT molecular complexity index is 1030. The van der Waals surface area contributed by atoms with Crippen LogP contribution in [0.5, 0.6) is 11.5 Å². The molecule has 1 fully saturated rings. The summed E-state index contributed by atoms with van der Waals surface area (Å²) < 4.78 is 30.8. The number of anilines is 1. The molecule has 0 saturated carbocycles. The van der Waals surface area contributed by atoms with E-state index in [4.69, 9.17) is 14.2 Å². The summed E-state index contributed by atoms with van der Waals surface area (Å²) in [5.41, 5.74) is 3.24. The van der Waals surface area contributed by atoms with E-state index in [0.717, 1.165) is 43.2 Å². The van der Waals surface area contributed by atoms with Gasteiger partial charge in [0.15, 0.2) is 11.5 Å². The van der Waals surface area contributed by atoms with Crippen molar-refractivity contribution < 1.29 is 18.6 Å². The number of para-hydroxylation sites is 1. The van der Waals surface area contributed by atoms with Crippen molar-refractivity contribution in [3.63, 3.8) is 0 Å². The smallest absolute Gasteiger partial charge is 0.170 e. The third-order valence-electron chi connectivity index (χ3n) is 5.14. The van der Waals surface area contributed by atoms with E-state index in [-0.39, 0.29) is 12.4 Å². The van der Waals surface area contributed by atoms with E-state index in [9.17, 15) is 4.39 Å². The van der Waals surface area contributed by atoms with Crippen molar-refractivity contribution in [1.29, 1.82) is 0 Å². The number of halogens is 1. The number of benzene rings is 3. The molecule has 6 heteroatoms. The van der Waals surface area contributed by atoms with Crippen LogP contribution in [0.2, 0.25) is 0 Å². The molecule has 0 aromatic heterocycles. The summed E-state index contributed by atoms with van der Waals surface area (Å²) in [5.74, 6) is 0.804. The summed E-state index contributed by atoms with van der Waals surface area (Å²) >= 11 is 0. The molecule has 4 rings (SSSR count). The van der Waals surface area contributed by atoms with Gasteiger partial charge in [0.1, 0.15) is 12.4 Å². The van der Waals surface area contributed by atoms with Gasteiger partial charge in [-0.05, 0) is 42.5 Å². The molecular formula is C25H25FN2O3. The number of morpholine rings is 1. The highest BCUT2D eigenvalue weighted by Gasteiger charge is 2.12. The van der Waals surface area contributed by atoms with Gasteiger partial charge in [0.2, 0.25) is 0 Å². The summed E-state index contributed by atoms with van der Waals surface area (Å²) in [4.78, 5) is 6.89. The third-order valence-corrected chi connectivity index (χ3v) is 5.14. The molecule has 1 saturated heterocycles. The molecule has 0 radical (unpaired) electrons. The quantitative estimate of drug-likeness (QED) is 0.505. The minimum Gasteiger partial charge on any atom is -0.493 e. The predicted molar refractivity (Wildman–Crippen MR) is 120 cm³/mol. The Morgan fingerprint density at radius 2 is 1.77 bits per heavy atom. The van der Waals surface area contributed by atoms with E-state index in [1.165, 1.54) is 6.07 Å². The van der Waals surface area contributed by atoms with Gasteiger partial charge in [0.05, 0.1) is 26.0 Å². The fraction of sp³-hybridized carbons (Fsp3) is 0.240. The SMILES string of the molecule is COc1cccc(C=Nc2ccc(N3CCOCC3)cc2)c1OCc1ccccc1F. The van der Waals surface area contributed by atoms with Crippen molar-refractivity contribution in [2.45, 2.75) is 6.61 Å². The topological polar surface area (TPSA) is 43.3 Å². The van der Waals surface area contributed by atoms with Crippen LogP contribution in [0, 0.1) is 5.82 Å². The zero-order valence-corrected chi connectivity index (χ0v) is 17.5. The Balaban J connectivity index is 1.51. The van der Waals surface area contributed by atoms with E-state index in [0.29, 0.717) is 17.1 Å². The van der Waals surface area contributed by atoms with Crippen molar-refractivity contribution in [2.75, 3.05) is 38.3 Å². The molecule has 31 heavy (non-hydrogen) atoms. The Morgan fingerprint density at radius 3 is 2.52 bits per heavy atom. The van der Waals surface area contributed by atoms with Crippen LogP contribution in [0.25, 0.3) is 0 Å². The number of methoxy groups -OCH3 is 1. The maximum Gasteiger partial charge on any atom is 0.170 e. The minimum atomic E-state index is -0.298. The second-order valence-corrected chi connectivity index (χ2v) is 7.13. The zero-order valence-electron chi connectivity index (χ0n) is 17.5. The maximum atomic E-state index is 14.0. The molecule has 0 aliphatic carbocycles. The van der Waals surface area contributed by atoms with Crippen LogP contribution < -0.4 is 14.4 Å². The first-order valence-electron chi connectivity index (χ1n) is 10.2. The van der Waals surface area contributed by atoms with Gasteiger partial charge in [0, 0.05) is 36.1 Å². The molecule has 1 aliphatic rings. The minimum absolute atomic E-state index is 0.0993. The van der Waals surface area contributed by atoms with Gasteiger partial charge >= 0.3 is 0 Å². The van der Waals surface area contributed by atoms with Crippen molar-refractivity contribution in [3.05, 3.63) is 83.7 Å². The van der Waals surface area contributed by atoms with Crippen molar-refractivity contribution in [2.24, 2.45) is 4.99 Å².